The number of pyridine rings is 1. The fraction of sp³-hybridized carbons (Fsp3) is 0.611. The quantitative estimate of drug-likeness (QED) is 0.769. The van der Waals surface area contributed by atoms with Crippen molar-refractivity contribution in [3.63, 3.8) is 0 Å². The minimum absolute atomic E-state index is 0.0193. The van der Waals surface area contributed by atoms with Gasteiger partial charge in [-0.25, -0.2) is 4.79 Å². The van der Waals surface area contributed by atoms with E-state index in [1.165, 1.54) is 0 Å². The zero-order valence-electron chi connectivity index (χ0n) is 14.7. The number of carbonyl (C=O) groups is 2. The highest BCUT2D eigenvalue weighted by molar-refractivity contribution is 9.10. The van der Waals surface area contributed by atoms with Gasteiger partial charge >= 0.3 is 6.09 Å². The molecule has 0 unspecified atom stereocenters. The number of likely N-dealkylation sites (tertiary alicyclic amines) is 1. The molecule has 0 aliphatic carbocycles. The second kappa shape index (κ2) is 7.32. The van der Waals surface area contributed by atoms with Crippen LogP contribution in [0.1, 0.15) is 32.3 Å². The molecule has 0 radical (unpaired) electrons. The summed E-state index contributed by atoms with van der Waals surface area (Å²) in [6.45, 7) is 6.76. The Morgan fingerprint density at radius 1 is 1.36 bits per heavy atom. The normalized spacial score (nSPS) is 21.2. The van der Waals surface area contributed by atoms with Crippen molar-refractivity contribution < 1.29 is 14.3 Å². The number of cyclic esters (lactones) is 1. The van der Waals surface area contributed by atoms with Gasteiger partial charge < -0.3 is 14.5 Å². The van der Waals surface area contributed by atoms with Gasteiger partial charge in [-0.1, -0.05) is 13.8 Å². The highest BCUT2D eigenvalue weighted by Crippen LogP contribution is 2.28. The molecule has 2 saturated heterocycles. The average Bonchev–Trinajstić information content (AvgIpc) is 2.57. The third kappa shape index (κ3) is 4.51. The van der Waals surface area contributed by atoms with Crippen molar-refractivity contribution in [2.75, 3.05) is 26.2 Å². The molecule has 0 N–H and O–H groups in total. The molecule has 2 aliphatic rings. The van der Waals surface area contributed by atoms with E-state index in [9.17, 15) is 9.59 Å². The maximum atomic E-state index is 12.5. The first-order valence-electron chi connectivity index (χ1n) is 8.65. The predicted molar refractivity (Wildman–Crippen MR) is 97.1 cm³/mol. The highest BCUT2D eigenvalue weighted by atomic mass is 79.9. The number of aromatic nitrogens is 1. The summed E-state index contributed by atoms with van der Waals surface area (Å²) >= 11 is 3.38. The Balaban J connectivity index is 1.54. The molecular weight excluding hydrogens is 386 g/mol. The Hall–Kier alpha value is -1.63. The Morgan fingerprint density at radius 2 is 2.08 bits per heavy atom. The van der Waals surface area contributed by atoms with E-state index in [-0.39, 0.29) is 23.5 Å². The number of nitrogens with zero attached hydrogens (tertiary/aromatic N) is 3. The molecule has 0 atom stereocenters. The second-order valence-corrected chi connectivity index (χ2v) is 8.56. The molecule has 7 heteroatoms. The minimum Gasteiger partial charge on any atom is -0.449 e. The van der Waals surface area contributed by atoms with Gasteiger partial charge in [-0.15, -0.1) is 0 Å². The van der Waals surface area contributed by atoms with Crippen molar-refractivity contribution >= 4 is 27.9 Å². The fourth-order valence-corrected chi connectivity index (χ4v) is 3.87. The van der Waals surface area contributed by atoms with E-state index in [1.54, 1.807) is 12.4 Å². The molecule has 2 amide bonds. The summed E-state index contributed by atoms with van der Waals surface area (Å²) in [7, 11) is 0. The van der Waals surface area contributed by atoms with Crippen molar-refractivity contribution in [2.24, 2.45) is 5.41 Å². The van der Waals surface area contributed by atoms with E-state index in [2.05, 4.69) is 34.8 Å². The number of halogens is 1. The minimum atomic E-state index is -0.218. The van der Waals surface area contributed by atoms with Gasteiger partial charge in [-0.2, -0.15) is 0 Å². The molecule has 1 aromatic rings. The number of carbonyl (C=O) groups excluding carboxylic acids is 2. The molecule has 0 aromatic carbocycles. The Labute approximate surface area is 156 Å². The molecule has 2 fully saturated rings. The summed E-state index contributed by atoms with van der Waals surface area (Å²) in [5.41, 5.74) is 0.886. The zero-order valence-corrected chi connectivity index (χ0v) is 16.3. The SMILES string of the molecule is CC1(C)COC(=O)N(C2CCN(C(=O)Cc3cncc(Br)c3)CC2)C1. The van der Waals surface area contributed by atoms with Crippen molar-refractivity contribution in [1.82, 2.24) is 14.8 Å². The van der Waals surface area contributed by atoms with Gasteiger partial charge in [-0.3, -0.25) is 9.78 Å². The van der Waals surface area contributed by atoms with Crippen LogP contribution in [0.2, 0.25) is 0 Å². The van der Waals surface area contributed by atoms with Crippen LogP contribution in [-0.4, -0.2) is 59.1 Å². The van der Waals surface area contributed by atoms with Gasteiger partial charge in [0.2, 0.25) is 5.91 Å². The molecule has 6 nitrogen and oxygen atoms in total. The third-order valence-corrected chi connectivity index (χ3v) is 5.23. The molecule has 136 valence electrons. The monoisotopic (exact) mass is 409 g/mol. The number of hydrogen-bond donors (Lipinski definition) is 0. The summed E-state index contributed by atoms with van der Waals surface area (Å²) in [5, 5.41) is 0. The lowest BCUT2D eigenvalue weighted by Crippen LogP contribution is -2.55. The molecule has 3 heterocycles. The smallest absolute Gasteiger partial charge is 0.410 e. The van der Waals surface area contributed by atoms with Gasteiger partial charge in [0, 0.05) is 48.0 Å². The molecule has 1 aromatic heterocycles. The molecule has 0 bridgehead atoms. The zero-order chi connectivity index (χ0) is 18.0. The molecule has 0 saturated carbocycles. The molecule has 0 spiro atoms. The summed E-state index contributed by atoms with van der Waals surface area (Å²) in [5.74, 6) is 0.111. The Kier molecular flexibility index (Phi) is 5.32. The maximum absolute atomic E-state index is 12.5. The lowest BCUT2D eigenvalue weighted by Gasteiger charge is -2.44. The summed E-state index contributed by atoms with van der Waals surface area (Å²) in [6, 6.07) is 2.08. The van der Waals surface area contributed by atoms with Crippen molar-refractivity contribution in [2.45, 2.75) is 39.2 Å². The number of ether oxygens (including phenoxy) is 1. The summed E-state index contributed by atoms with van der Waals surface area (Å²) < 4.78 is 6.20. The second-order valence-electron chi connectivity index (χ2n) is 7.65. The van der Waals surface area contributed by atoms with Crippen LogP contribution in [0.25, 0.3) is 0 Å². The van der Waals surface area contributed by atoms with Crippen molar-refractivity contribution in [1.29, 1.82) is 0 Å². The number of rotatable bonds is 3. The summed E-state index contributed by atoms with van der Waals surface area (Å²) in [6.07, 6.45) is 5.17. The predicted octanol–water partition coefficient (Wildman–Crippen LogP) is 2.86. The highest BCUT2D eigenvalue weighted by Gasteiger charge is 2.38. The Bertz CT molecular complexity index is 657. The molecule has 3 rings (SSSR count). The van der Waals surface area contributed by atoms with E-state index in [4.69, 9.17) is 4.74 Å². The van der Waals surface area contributed by atoms with E-state index in [0.717, 1.165) is 22.9 Å². The van der Waals surface area contributed by atoms with Gasteiger partial charge in [0.25, 0.3) is 0 Å². The van der Waals surface area contributed by atoms with E-state index >= 15 is 0 Å². The van der Waals surface area contributed by atoms with E-state index < -0.39 is 0 Å². The van der Waals surface area contributed by atoms with Crippen LogP contribution < -0.4 is 0 Å². The van der Waals surface area contributed by atoms with E-state index in [1.807, 2.05) is 15.9 Å². The van der Waals surface area contributed by atoms with Crippen LogP contribution in [0.5, 0.6) is 0 Å². The van der Waals surface area contributed by atoms with Crippen LogP contribution in [0, 0.1) is 5.41 Å². The van der Waals surface area contributed by atoms with Gasteiger partial charge in [0.05, 0.1) is 13.0 Å². The summed E-state index contributed by atoms with van der Waals surface area (Å²) in [4.78, 5) is 32.4. The third-order valence-electron chi connectivity index (χ3n) is 4.79. The first-order chi connectivity index (χ1) is 11.8. The lowest BCUT2D eigenvalue weighted by atomic mass is 9.91. The van der Waals surface area contributed by atoms with E-state index in [0.29, 0.717) is 32.7 Å². The van der Waals surface area contributed by atoms with Crippen LogP contribution in [0.15, 0.2) is 22.9 Å². The number of amides is 2. The topological polar surface area (TPSA) is 62.7 Å². The molecule has 2 aliphatic heterocycles. The van der Waals surface area contributed by atoms with Crippen LogP contribution in [0.4, 0.5) is 4.79 Å². The molecule has 25 heavy (non-hydrogen) atoms. The molecular formula is C18H24BrN3O3. The van der Waals surface area contributed by atoms with Crippen LogP contribution in [-0.2, 0) is 16.0 Å². The lowest BCUT2D eigenvalue weighted by molar-refractivity contribution is -0.132. The van der Waals surface area contributed by atoms with Gasteiger partial charge in [0.1, 0.15) is 0 Å². The van der Waals surface area contributed by atoms with Gasteiger partial charge in [-0.05, 0) is 40.4 Å². The standard InChI is InChI=1S/C18H24BrN3O3/c1-18(2)11-22(17(24)25-12-18)15-3-5-21(6-4-15)16(23)8-13-7-14(19)10-20-9-13/h7,9-10,15H,3-6,8,11-12H2,1-2H3. The van der Waals surface area contributed by atoms with Crippen LogP contribution >= 0.6 is 15.9 Å². The average molecular weight is 410 g/mol. The fourth-order valence-electron chi connectivity index (χ4n) is 3.46. The first-order valence-corrected chi connectivity index (χ1v) is 9.44. The van der Waals surface area contributed by atoms with Crippen molar-refractivity contribution in [3.8, 4) is 0 Å². The van der Waals surface area contributed by atoms with Gasteiger partial charge in [0.15, 0.2) is 0 Å². The Morgan fingerprint density at radius 3 is 2.76 bits per heavy atom. The van der Waals surface area contributed by atoms with Crippen LogP contribution in [0.3, 0.4) is 0 Å². The largest absolute Gasteiger partial charge is 0.449 e. The maximum Gasteiger partial charge on any atom is 0.410 e. The number of piperidine rings is 1. The number of hydrogen-bond acceptors (Lipinski definition) is 4. The van der Waals surface area contributed by atoms with Crippen molar-refractivity contribution in [3.05, 3.63) is 28.5 Å². The first kappa shape index (κ1) is 18.2.